The maximum absolute atomic E-state index is 14.0. The molecule has 1 fully saturated rings. The average molecular weight is 662 g/mol. The summed E-state index contributed by atoms with van der Waals surface area (Å²) in [6.07, 6.45) is 3.72. The van der Waals surface area contributed by atoms with E-state index in [-0.39, 0.29) is 29.5 Å². The summed E-state index contributed by atoms with van der Waals surface area (Å²) in [4.78, 5) is 37.3. The largest absolute Gasteiger partial charge is 0.444 e. The van der Waals surface area contributed by atoms with Crippen molar-refractivity contribution >= 4 is 65.8 Å². The molecule has 1 N–H and O–H groups in total. The van der Waals surface area contributed by atoms with Gasteiger partial charge in [-0.25, -0.2) is 9.78 Å². The molecule has 3 aromatic rings. The number of nitrogens with one attached hydrogen (secondary N) is 1. The van der Waals surface area contributed by atoms with Crippen LogP contribution in [-0.4, -0.2) is 52.7 Å². The van der Waals surface area contributed by atoms with Crippen LogP contribution in [-0.2, 0) is 22.5 Å². The second kappa shape index (κ2) is 11.6. The summed E-state index contributed by atoms with van der Waals surface area (Å²) in [5, 5.41) is 5.47. The van der Waals surface area contributed by atoms with Gasteiger partial charge in [-0.2, -0.15) is 0 Å². The normalized spacial score (nSPS) is 19.6. The van der Waals surface area contributed by atoms with E-state index in [0.29, 0.717) is 0 Å². The van der Waals surface area contributed by atoms with E-state index in [1.165, 1.54) is 10.4 Å². The van der Waals surface area contributed by atoms with Crippen molar-refractivity contribution < 1.29 is 14.3 Å². The number of fused-ring (bicyclic) bond motifs is 2. The van der Waals surface area contributed by atoms with Gasteiger partial charge in [0, 0.05) is 46.0 Å². The molecular weight excluding hydrogens is 620 g/mol. The molecule has 10 heteroatoms. The summed E-state index contributed by atoms with van der Waals surface area (Å²) in [6, 6.07) is 6.24. The highest BCUT2D eigenvalue weighted by Gasteiger charge is 2.40. The molecule has 0 unspecified atom stereocenters. The molecule has 1 aromatic carbocycles. The first-order chi connectivity index (χ1) is 19.2. The first-order valence-corrected chi connectivity index (χ1v) is 16.9. The van der Waals surface area contributed by atoms with Crippen molar-refractivity contribution in [3.63, 3.8) is 0 Å². The van der Waals surface area contributed by atoms with Gasteiger partial charge in [0.15, 0.2) is 0 Å². The number of rotatable bonds is 4. The summed E-state index contributed by atoms with van der Waals surface area (Å²) in [5.74, 6) is 0.0767. The molecule has 222 valence electrons. The molecule has 1 aliphatic carbocycles. The zero-order valence-corrected chi connectivity index (χ0v) is 28.3. The maximum atomic E-state index is 14.0. The molecule has 7 nitrogen and oxygen atoms in total. The monoisotopic (exact) mass is 660 g/mol. The molecule has 0 saturated heterocycles. The minimum absolute atomic E-state index is 0.0527. The highest BCUT2D eigenvalue weighted by Crippen LogP contribution is 2.47. The summed E-state index contributed by atoms with van der Waals surface area (Å²) in [5.41, 5.74) is 2.50. The zero-order chi connectivity index (χ0) is 29.7. The Bertz CT molecular complexity index is 1440. The first-order valence-electron chi connectivity index (χ1n) is 14.4. The van der Waals surface area contributed by atoms with Gasteiger partial charge in [0.2, 0.25) is 5.91 Å². The van der Waals surface area contributed by atoms with Crippen molar-refractivity contribution in [2.24, 2.45) is 5.92 Å². The second-order valence-corrected chi connectivity index (χ2v) is 16.2. The van der Waals surface area contributed by atoms with E-state index in [2.05, 4.69) is 48.1 Å². The fourth-order valence-electron chi connectivity index (χ4n) is 6.02. The van der Waals surface area contributed by atoms with E-state index >= 15 is 0 Å². The molecular formula is C31H41BrN4O3S2. The average Bonchev–Trinajstić information content (AvgIpc) is 3.47. The Kier molecular flexibility index (Phi) is 8.60. The molecule has 0 bridgehead atoms. The van der Waals surface area contributed by atoms with E-state index in [4.69, 9.17) is 9.72 Å². The first kappa shape index (κ1) is 30.4. The van der Waals surface area contributed by atoms with Gasteiger partial charge in [-0.1, -0.05) is 15.9 Å². The van der Waals surface area contributed by atoms with Crippen LogP contribution in [0.15, 0.2) is 22.7 Å². The van der Waals surface area contributed by atoms with Crippen molar-refractivity contribution in [2.75, 3.05) is 18.5 Å². The molecule has 1 saturated carbocycles. The second-order valence-electron chi connectivity index (χ2n) is 13.2. The van der Waals surface area contributed by atoms with Crippen LogP contribution in [0.4, 0.5) is 9.80 Å². The Balaban J connectivity index is 1.37. The zero-order valence-electron chi connectivity index (χ0n) is 25.1. The Labute approximate surface area is 259 Å². The highest BCUT2D eigenvalue weighted by atomic mass is 79.9. The molecule has 3 heterocycles. The predicted octanol–water partition coefficient (Wildman–Crippen LogP) is 7.99. The van der Waals surface area contributed by atoms with Gasteiger partial charge in [-0.05, 0) is 104 Å². The smallest absolute Gasteiger partial charge is 0.410 e. The van der Waals surface area contributed by atoms with Gasteiger partial charge < -0.3 is 19.9 Å². The fourth-order valence-corrected chi connectivity index (χ4v) is 8.96. The predicted molar refractivity (Wildman–Crippen MR) is 173 cm³/mol. The fraction of sp³-hybridized carbons (Fsp3) is 0.581. The lowest BCUT2D eigenvalue weighted by Gasteiger charge is -2.44. The topological polar surface area (TPSA) is 74.8 Å². The van der Waals surface area contributed by atoms with Crippen molar-refractivity contribution in [1.82, 2.24) is 15.2 Å². The number of carbonyl (C=O) groups excluding carboxylic acids is 2. The molecule has 0 atom stereocenters. The highest BCUT2D eigenvalue weighted by molar-refractivity contribution is 9.10. The van der Waals surface area contributed by atoms with Crippen LogP contribution in [0.2, 0.25) is 0 Å². The number of halogens is 1. The van der Waals surface area contributed by atoms with Gasteiger partial charge >= 0.3 is 6.09 Å². The van der Waals surface area contributed by atoms with Crippen molar-refractivity contribution in [3.05, 3.63) is 33.1 Å². The minimum Gasteiger partial charge on any atom is -0.444 e. The number of carbonyl (C=O) groups is 2. The van der Waals surface area contributed by atoms with Crippen molar-refractivity contribution in [2.45, 2.75) is 97.4 Å². The molecule has 0 radical (unpaired) electrons. The Morgan fingerprint density at radius 1 is 1.07 bits per heavy atom. The number of thiophene rings is 1. The van der Waals surface area contributed by atoms with Crippen LogP contribution in [0.5, 0.6) is 0 Å². The number of nitrogens with zero attached hydrogens (tertiary/aromatic N) is 3. The summed E-state index contributed by atoms with van der Waals surface area (Å²) in [7, 11) is 1.93. The Hall–Kier alpha value is -2.01. The molecule has 2 amide bonds. The number of hydrogen-bond donors (Lipinski definition) is 1. The number of thiazole rings is 1. The minimum atomic E-state index is -0.552. The number of ether oxygens (including phenoxy) is 1. The van der Waals surface area contributed by atoms with Crippen LogP contribution in [0.25, 0.3) is 20.8 Å². The third kappa shape index (κ3) is 6.50. The van der Waals surface area contributed by atoms with Gasteiger partial charge in [0.1, 0.15) is 15.6 Å². The third-order valence-corrected chi connectivity index (χ3v) is 10.7. The summed E-state index contributed by atoms with van der Waals surface area (Å²) >= 11 is 7.00. The number of hydrogen-bond acceptors (Lipinski definition) is 7. The number of amides is 2. The summed E-state index contributed by atoms with van der Waals surface area (Å²) < 4.78 is 7.95. The third-order valence-electron chi connectivity index (χ3n) is 7.83. The SMILES string of the molecule is CN(C(=O)C1CCC(N(C(=O)OC(C)(C)C)C(C)(C)C)CC1)c1sc2c(c1-c1nc3ccc(Br)cc3s1)CCNC2. The van der Waals surface area contributed by atoms with Crippen LogP contribution < -0.4 is 10.2 Å². The van der Waals surface area contributed by atoms with Gasteiger partial charge in [0.25, 0.3) is 0 Å². The lowest BCUT2D eigenvalue weighted by atomic mass is 9.83. The molecule has 41 heavy (non-hydrogen) atoms. The molecule has 0 spiro atoms. The van der Waals surface area contributed by atoms with E-state index < -0.39 is 5.60 Å². The van der Waals surface area contributed by atoms with Crippen LogP contribution in [0.3, 0.4) is 0 Å². The van der Waals surface area contributed by atoms with Gasteiger partial charge in [-0.15, -0.1) is 22.7 Å². The van der Waals surface area contributed by atoms with Gasteiger partial charge in [-0.3, -0.25) is 4.79 Å². The lowest BCUT2D eigenvalue weighted by Crippen LogP contribution is -2.54. The van der Waals surface area contributed by atoms with Crippen LogP contribution in [0.1, 0.15) is 77.7 Å². The quantitative estimate of drug-likeness (QED) is 0.307. The summed E-state index contributed by atoms with van der Waals surface area (Å²) in [6.45, 7) is 13.6. The standard InChI is InChI=1S/C31H41BrN4O3S2/c1-30(2,3)36(29(38)39-31(4,5)6)20-11-8-18(9-12-20)27(37)35(7)28-25(21-14-15-33-17-24(21)41-28)26-34-22-13-10-19(32)16-23(22)40-26/h10,13,16,18,20,33H,8-9,11-12,14-15,17H2,1-7H3. The molecule has 2 aromatic heterocycles. The molecule has 5 rings (SSSR count). The van der Waals surface area contributed by atoms with E-state index in [0.717, 1.165) is 75.5 Å². The number of benzene rings is 1. The maximum Gasteiger partial charge on any atom is 0.410 e. The van der Waals surface area contributed by atoms with Gasteiger partial charge in [0.05, 0.1) is 10.2 Å². The molecule has 2 aliphatic rings. The van der Waals surface area contributed by atoms with Crippen molar-refractivity contribution in [3.8, 4) is 10.6 Å². The Morgan fingerprint density at radius 3 is 2.44 bits per heavy atom. The van der Waals surface area contributed by atoms with E-state index in [9.17, 15) is 9.59 Å². The number of aromatic nitrogens is 1. The van der Waals surface area contributed by atoms with E-state index in [1.54, 1.807) is 22.7 Å². The number of anilines is 1. The Morgan fingerprint density at radius 2 is 1.78 bits per heavy atom. The molecule has 1 aliphatic heterocycles. The van der Waals surface area contributed by atoms with Crippen LogP contribution in [0, 0.1) is 5.92 Å². The van der Waals surface area contributed by atoms with Crippen LogP contribution >= 0.6 is 38.6 Å². The van der Waals surface area contributed by atoms with Crippen molar-refractivity contribution in [1.29, 1.82) is 0 Å². The lowest BCUT2D eigenvalue weighted by molar-refractivity contribution is -0.123. The van der Waals surface area contributed by atoms with E-state index in [1.807, 2.05) is 49.8 Å².